The minimum atomic E-state index is -4.98. The second-order valence-corrected chi connectivity index (χ2v) is 4.65. The Morgan fingerprint density at radius 3 is 2.12 bits per heavy atom. The zero-order valence-electron chi connectivity index (χ0n) is 11.2. The third-order valence-electron chi connectivity index (χ3n) is 2.45. The van der Waals surface area contributed by atoms with Crippen LogP contribution >= 0.6 is 11.6 Å². The molecule has 2 aromatic rings. The number of pyridine rings is 1. The number of benzene rings is 1. The number of hydrogen-bond donors (Lipinski definition) is 0. The van der Waals surface area contributed by atoms with Gasteiger partial charge in [-0.25, -0.2) is 9.37 Å². The second-order valence-electron chi connectivity index (χ2n) is 4.24. The maximum absolute atomic E-state index is 13.4. The van der Waals surface area contributed by atoms with E-state index >= 15 is 0 Å². The van der Waals surface area contributed by atoms with E-state index in [0.29, 0.717) is 12.3 Å². The van der Waals surface area contributed by atoms with Crippen molar-refractivity contribution in [3.05, 3.63) is 47.0 Å². The summed E-state index contributed by atoms with van der Waals surface area (Å²) in [5, 5.41) is -0.336. The molecular formula is C13H5ClF7NO2. The molecule has 2 rings (SSSR count). The molecular weight excluding hydrogens is 371 g/mol. The molecule has 0 spiro atoms. The Bertz CT molecular complexity index is 746. The summed E-state index contributed by atoms with van der Waals surface area (Å²) in [6.45, 7) is 0. The first-order valence-corrected chi connectivity index (χ1v) is 6.29. The second kappa shape index (κ2) is 6.34. The van der Waals surface area contributed by atoms with Crippen molar-refractivity contribution in [1.29, 1.82) is 0 Å². The first kappa shape index (κ1) is 18.1. The van der Waals surface area contributed by atoms with Gasteiger partial charge in [0, 0.05) is 12.1 Å². The highest BCUT2D eigenvalue weighted by Crippen LogP contribution is 2.36. The number of nitrogens with zero attached hydrogens (tertiary/aromatic N) is 1. The minimum Gasteiger partial charge on any atom is -0.454 e. The van der Waals surface area contributed by atoms with Crippen LogP contribution in [0.2, 0.25) is 5.02 Å². The van der Waals surface area contributed by atoms with Crippen LogP contribution in [0.5, 0.6) is 17.2 Å². The lowest BCUT2D eigenvalue weighted by atomic mass is 10.3. The predicted octanol–water partition coefficient (Wildman–Crippen LogP) is 5.58. The highest BCUT2D eigenvalue weighted by Gasteiger charge is 2.36. The van der Waals surface area contributed by atoms with E-state index in [9.17, 15) is 30.7 Å². The first-order chi connectivity index (χ1) is 11.0. The number of alkyl halides is 6. The normalized spacial score (nSPS) is 12.2. The predicted molar refractivity (Wildman–Crippen MR) is 67.4 cm³/mol. The molecule has 1 aromatic heterocycles. The van der Waals surface area contributed by atoms with Crippen molar-refractivity contribution in [3.8, 4) is 17.2 Å². The lowest BCUT2D eigenvalue weighted by molar-refractivity contribution is -0.274. The third kappa shape index (κ3) is 4.63. The molecule has 0 radical (unpaired) electrons. The van der Waals surface area contributed by atoms with E-state index in [-0.39, 0.29) is 10.8 Å². The lowest BCUT2D eigenvalue weighted by Crippen LogP contribution is -2.17. The van der Waals surface area contributed by atoms with Crippen LogP contribution in [0.4, 0.5) is 30.7 Å². The fourth-order valence-electron chi connectivity index (χ4n) is 1.57. The summed E-state index contributed by atoms with van der Waals surface area (Å²) in [6, 6.07) is 3.03. The third-order valence-corrected chi connectivity index (χ3v) is 2.74. The quantitative estimate of drug-likeness (QED) is 0.656. The molecule has 0 saturated carbocycles. The van der Waals surface area contributed by atoms with Crippen molar-refractivity contribution in [2.24, 2.45) is 0 Å². The number of halogens is 8. The number of aromatic nitrogens is 1. The van der Waals surface area contributed by atoms with Crippen LogP contribution in [0, 0.1) is 5.82 Å². The summed E-state index contributed by atoms with van der Waals surface area (Å²) in [5.41, 5.74) is -1.73. The first-order valence-electron chi connectivity index (χ1n) is 5.91. The summed E-state index contributed by atoms with van der Waals surface area (Å²) in [7, 11) is 0. The monoisotopic (exact) mass is 375 g/mol. The Balaban J connectivity index is 2.21. The molecule has 0 unspecified atom stereocenters. The molecule has 130 valence electrons. The van der Waals surface area contributed by atoms with Crippen LogP contribution in [-0.4, -0.2) is 11.3 Å². The molecule has 0 bridgehead atoms. The minimum absolute atomic E-state index is 0.229. The van der Waals surface area contributed by atoms with Gasteiger partial charge in [-0.2, -0.15) is 13.2 Å². The maximum Gasteiger partial charge on any atom is 0.573 e. The summed E-state index contributed by atoms with van der Waals surface area (Å²) in [5.74, 6) is -2.95. The molecule has 0 fully saturated rings. The average Bonchev–Trinajstić information content (AvgIpc) is 2.38. The molecule has 0 aliphatic carbocycles. The van der Waals surface area contributed by atoms with Gasteiger partial charge in [-0.15, -0.1) is 13.2 Å². The van der Waals surface area contributed by atoms with E-state index < -0.39 is 35.5 Å². The SMILES string of the molecule is Fc1cc(Oc2ccc(OC(F)(F)F)cc2Cl)cnc1C(F)(F)F. The van der Waals surface area contributed by atoms with Crippen LogP contribution < -0.4 is 9.47 Å². The van der Waals surface area contributed by atoms with Crippen molar-refractivity contribution in [2.45, 2.75) is 12.5 Å². The zero-order valence-corrected chi connectivity index (χ0v) is 11.9. The molecule has 3 nitrogen and oxygen atoms in total. The molecule has 0 N–H and O–H groups in total. The Kier molecular flexibility index (Phi) is 4.79. The van der Waals surface area contributed by atoms with Gasteiger partial charge in [-0.3, -0.25) is 0 Å². The van der Waals surface area contributed by atoms with E-state index in [1.807, 2.05) is 0 Å². The van der Waals surface area contributed by atoms with Crippen LogP contribution in [0.15, 0.2) is 30.5 Å². The summed E-state index contributed by atoms with van der Waals surface area (Å²) in [6.07, 6.45) is -9.30. The highest BCUT2D eigenvalue weighted by molar-refractivity contribution is 6.32. The molecule has 1 heterocycles. The molecule has 0 aliphatic rings. The number of rotatable bonds is 3. The Hall–Kier alpha value is -2.23. The van der Waals surface area contributed by atoms with Crippen LogP contribution in [0.3, 0.4) is 0 Å². The van der Waals surface area contributed by atoms with Gasteiger partial charge < -0.3 is 9.47 Å². The van der Waals surface area contributed by atoms with Gasteiger partial charge >= 0.3 is 12.5 Å². The molecule has 1 aromatic carbocycles. The molecule has 0 atom stereocenters. The van der Waals surface area contributed by atoms with Gasteiger partial charge in [0.2, 0.25) is 0 Å². The van der Waals surface area contributed by atoms with E-state index in [1.165, 1.54) is 0 Å². The summed E-state index contributed by atoms with van der Waals surface area (Å²) >= 11 is 5.69. The topological polar surface area (TPSA) is 31.4 Å². The van der Waals surface area contributed by atoms with E-state index in [4.69, 9.17) is 16.3 Å². The van der Waals surface area contributed by atoms with E-state index in [0.717, 1.165) is 18.2 Å². The van der Waals surface area contributed by atoms with Crippen LogP contribution in [0.1, 0.15) is 5.69 Å². The Morgan fingerprint density at radius 1 is 0.958 bits per heavy atom. The largest absolute Gasteiger partial charge is 0.573 e. The maximum atomic E-state index is 13.4. The van der Waals surface area contributed by atoms with Gasteiger partial charge in [0.15, 0.2) is 11.5 Å². The fraction of sp³-hybridized carbons (Fsp3) is 0.154. The highest BCUT2D eigenvalue weighted by atomic mass is 35.5. The molecule has 24 heavy (non-hydrogen) atoms. The van der Waals surface area contributed by atoms with Gasteiger partial charge in [0.1, 0.15) is 17.2 Å². The smallest absolute Gasteiger partial charge is 0.454 e. The standard InChI is InChI=1S/C13H5ClF7NO2/c14-8-3-6(24-13(19,20)21)1-2-10(8)23-7-4-9(15)11(22-5-7)12(16,17)18/h1-5H. The average molecular weight is 376 g/mol. The summed E-state index contributed by atoms with van der Waals surface area (Å²) in [4.78, 5) is 2.90. The lowest BCUT2D eigenvalue weighted by Gasteiger charge is -2.12. The van der Waals surface area contributed by atoms with Gasteiger partial charge in [-0.05, 0) is 12.1 Å². The van der Waals surface area contributed by atoms with Crippen LogP contribution in [-0.2, 0) is 6.18 Å². The van der Waals surface area contributed by atoms with Gasteiger partial charge in [-0.1, -0.05) is 11.6 Å². The summed E-state index contributed by atoms with van der Waals surface area (Å²) < 4.78 is 95.3. The fourth-order valence-corrected chi connectivity index (χ4v) is 1.78. The van der Waals surface area contributed by atoms with Crippen molar-refractivity contribution in [1.82, 2.24) is 4.98 Å². The van der Waals surface area contributed by atoms with Gasteiger partial charge in [0.05, 0.1) is 11.2 Å². The Labute approximate surface area is 134 Å². The van der Waals surface area contributed by atoms with E-state index in [1.54, 1.807) is 0 Å². The Morgan fingerprint density at radius 2 is 1.62 bits per heavy atom. The zero-order chi connectivity index (χ0) is 18.1. The van der Waals surface area contributed by atoms with Crippen molar-refractivity contribution in [3.63, 3.8) is 0 Å². The molecule has 0 aliphatic heterocycles. The van der Waals surface area contributed by atoms with Crippen molar-refractivity contribution >= 4 is 11.6 Å². The number of ether oxygens (including phenoxy) is 2. The van der Waals surface area contributed by atoms with Crippen molar-refractivity contribution in [2.75, 3.05) is 0 Å². The van der Waals surface area contributed by atoms with E-state index in [2.05, 4.69) is 9.72 Å². The molecule has 11 heteroatoms. The number of hydrogen-bond acceptors (Lipinski definition) is 3. The van der Waals surface area contributed by atoms with Gasteiger partial charge in [0.25, 0.3) is 0 Å². The molecule has 0 saturated heterocycles. The van der Waals surface area contributed by atoms with Crippen molar-refractivity contribution < 1.29 is 40.2 Å². The molecule has 0 amide bonds. The van der Waals surface area contributed by atoms with Crippen LogP contribution in [0.25, 0.3) is 0 Å².